The Labute approximate surface area is 188 Å². The monoisotopic (exact) mass is 437 g/mol. The van der Waals surface area contributed by atoms with Gasteiger partial charge in [-0.1, -0.05) is 19.3 Å². The highest BCUT2D eigenvalue weighted by Crippen LogP contribution is 2.32. The molecule has 1 aromatic heterocycles. The van der Waals surface area contributed by atoms with Gasteiger partial charge in [-0.15, -0.1) is 0 Å². The van der Waals surface area contributed by atoms with E-state index in [2.05, 4.69) is 39.9 Å². The summed E-state index contributed by atoms with van der Waals surface area (Å²) in [4.78, 5) is 35.5. The molecule has 1 fully saturated rings. The van der Waals surface area contributed by atoms with E-state index in [1.807, 2.05) is 6.08 Å². The zero-order chi connectivity index (χ0) is 23.1. The summed E-state index contributed by atoms with van der Waals surface area (Å²) in [5.74, 6) is -1.15. The van der Waals surface area contributed by atoms with Crippen molar-refractivity contribution in [2.45, 2.75) is 52.0 Å². The maximum absolute atomic E-state index is 12.4. The number of carbonyl (C=O) groups is 3. The molecule has 1 saturated carbocycles. The molecule has 0 aliphatic heterocycles. The Morgan fingerprint density at radius 1 is 1.09 bits per heavy atom. The number of ether oxygens (including phenoxy) is 1. The Kier molecular flexibility index (Phi) is 7.87. The summed E-state index contributed by atoms with van der Waals surface area (Å²) in [5.41, 5.74) is 4.45. The molecule has 7 nitrogen and oxygen atoms in total. The molecule has 0 bridgehead atoms. The average Bonchev–Trinajstić information content (AvgIpc) is 3.09. The number of esters is 1. The molecular weight excluding hydrogens is 406 g/mol. The van der Waals surface area contributed by atoms with Crippen LogP contribution in [0.4, 0.5) is 5.69 Å². The van der Waals surface area contributed by atoms with Gasteiger partial charge in [-0.2, -0.15) is 0 Å². The van der Waals surface area contributed by atoms with E-state index in [9.17, 15) is 14.4 Å². The van der Waals surface area contributed by atoms with Crippen LogP contribution in [-0.4, -0.2) is 36.0 Å². The molecule has 0 saturated heterocycles. The van der Waals surface area contributed by atoms with Crippen molar-refractivity contribution in [3.63, 3.8) is 0 Å². The Morgan fingerprint density at radius 2 is 1.78 bits per heavy atom. The third-order valence-corrected chi connectivity index (χ3v) is 5.91. The highest BCUT2D eigenvalue weighted by Gasteiger charge is 2.19. The molecule has 0 unspecified atom stereocenters. The van der Waals surface area contributed by atoms with E-state index in [0.29, 0.717) is 17.3 Å². The summed E-state index contributed by atoms with van der Waals surface area (Å²) in [6.07, 6.45) is 9.70. The first kappa shape index (κ1) is 23.3. The van der Waals surface area contributed by atoms with Crippen LogP contribution in [-0.2, 0) is 14.3 Å². The fourth-order valence-corrected chi connectivity index (χ4v) is 4.25. The average molecular weight is 438 g/mol. The van der Waals surface area contributed by atoms with E-state index >= 15 is 0 Å². The van der Waals surface area contributed by atoms with Crippen LogP contribution in [0, 0.1) is 13.8 Å². The second-order valence-electron chi connectivity index (χ2n) is 8.15. The maximum Gasteiger partial charge on any atom is 0.325 e. The van der Waals surface area contributed by atoms with Crippen LogP contribution < -0.4 is 10.6 Å². The van der Waals surface area contributed by atoms with Crippen molar-refractivity contribution >= 4 is 29.5 Å². The summed E-state index contributed by atoms with van der Waals surface area (Å²) in [7, 11) is 1.26. The van der Waals surface area contributed by atoms with Gasteiger partial charge in [0, 0.05) is 34.8 Å². The summed E-state index contributed by atoms with van der Waals surface area (Å²) in [6, 6.07) is 9.16. The van der Waals surface area contributed by atoms with Crippen molar-refractivity contribution < 1.29 is 19.1 Å². The minimum Gasteiger partial charge on any atom is -0.468 e. The minimum atomic E-state index is -0.520. The molecule has 32 heavy (non-hydrogen) atoms. The van der Waals surface area contributed by atoms with Gasteiger partial charge >= 0.3 is 5.97 Å². The van der Waals surface area contributed by atoms with Gasteiger partial charge in [0.25, 0.3) is 5.91 Å². The molecule has 1 aliphatic rings. The number of carbonyl (C=O) groups excluding carboxylic acids is 3. The molecule has 3 rings (SSSR count). The van der Waals surface area contributed by atoms with Gasteiger partial charge < -0.3 is 19.9 Å². The van der Waals surface area contributed by atoms with Crippen molar-refractivity contribution in [2.24, 2.45) is 0 Å². The predicted molar refractivity (Wildman–Crippen MR) is 124 cm³/mol. The molecule has 0 atom stereocenters. The number of nitrogens with zero attached hydrogens (tertiary/aromatic N) is 1. The maximum atomic E-state index is 12.4. The number of methoxy groups -OCH3 is 1. The molecule has 2 amide bonds. The Morgan fingerprint density at radius 3 is 2.44 bits per heavy atom. The van der Waals surface area contributed by atoms with Gasteiger partial charge in [0.2, 0.25) is 5.91 Å². The lowest BCUT2D eigenvalue weighted by atomic mass is 9.95. The van der Waals surface area contributed by atoms with Gasteiger partial charge in [-0.25, -0.2) is 0 Å². The first-order chi connectivity index (χ1) is 15.4. The number of aryl methyl sites for hydroxylation is 1. The van der Waals surface area contributed by atoms with Crippen molar-refractivity contribution in [2.75, 3.05) is 19.0 Å². The van der Waals surface area contributed by atoms with Crippen molar-refractivity contribution in [1.82, 2.24) is 9.88 Å². The van der Waals surface area contributed by atoms with Gasteiger partial charge in [-0.05, 0) is 68.7 Å². The van der Waals surface area contributed by atoms with E-state index in [4.69, 9.17) is 0 Å². The van der Waals surface area contributed by atoms with Crippen molar-refractivity contribution in [3.8, 4) is 0 Å². The lowest BCUT2D eigenvalue weighted by Crippen LogP contribution is -2.30. The van der Waals surface area contributed by atoms with Crippen LogP contribution in [0.15, 0.2) is 36.4 Å². The topological polar surface area (TPSA) is 89.4 Å². The summed E-state index contributed by atoms with van der Waals surface area (Å²) >= 11 is 0. The molecule has 170 valence electrons. The molecular formula is C25H31N3O4. The highest BCUT2D eigenvalue weighted by molar-refractivity contribution is 6.02. The third kappa shape index (κ3) is 5.87. The lowest BCUT2D eigenvalue weighted by molar-refractivity contribution is -0.139. The highest BCUT2D eigenvalue weighted by atomic mass is 16.5. The zero-order valence-electron chi connectivity index (χ0n) is 18.9. The van der Waals surface area contributed by atoms with Crippen molar-refractivity contribution in [1.29, 1.82) is 0 Å². The Bertz CT molecular complexity index is 999. The summed E-state index contributed by atoms with van der Waals surface area (Å²) in [5, 5.41) is 5.27. The smallest absolute Gasteiger partial charge is 0.325 e. The summed E-state index contributed by atoms with van der Waals surface area (Å²) < 4.78 is 6.91. The van der Waals surface area contributed by atoms with Crippen LogP contribution in [0.1, 0.15) is 65.5 Å². The quantitative estimate of drug-likeness (QED) is 0.503. The number of anilines is 1. The number of benzene rings is 1. The van der Waals surface area contributed by atoms with Crippen LogP contribution >= 0.6 is 0 Å². The van der Waals surface area contributed by atoms with E-state index in [1.165, 1.54) is 56.7 Å². The first-order valence-corrected chi connectivity index (χ1v) is 11.0. The number of amides is 2. The number of rotatable bonds is 7. The first-order valence-electron chi connectivity index (χ1n) is 11.0. The predicted octanol–water partition coefficient (Wildman–Crippen LogP) is 4.16. The molecule has 0 radical (unpaired) electrons. The normalized spacial score (nSPS) is 14.3. The number of hydrogen-bond acceptors (Lipinski definition) is 4. The standard InChI is InChI=1S/C25H31N3O4/c1-17-15-20(18(2)28(17)22-7-5-4-6-8-22)11-14-23(29)27-21-12-9-19(10-13-21)25(31)26-16-24(30)32-3/h9-15,22H,4-8,16H2,1-3H3,(H,26,31)(H,27,29)/b14-11+. The Hall–Kier alpha value is -3.35. The second-order valence-corrected chi connectivity index (χ2v) is 8.15. The van der Waals surface area contributed by atoms with Crippen LogP contribution in [0.5, 0.6) is 0 Å². The minimum absolute atomic E-state index is 0.194. The molecule has 0 spiro atoms. The second kappa shape index (κ2) is 10.8. The molecule has 1 aliphatic carbocycles. The van der Waals surface area contributed by atoms with Crippen LogP contribution in [0.2, 0.25) is 0 Å². The fourth-order valence-electron chi connectivity index (χ4n) is 4.25. The van der Waals surface area contributed by atoms with Gasteiger partial charge in [-0.3, -0.25) is 14.4 Å². The summed E-state index contributed by atoms with van der Waals surface area (Å²) in [6.45, 7) is 4.05. The van der Waals surface area contributed by atoms with Gasteiger partial charge in [0.15, 0.2) is 0 Å². The zero-order valence-corrected chi connectivity index (χ0v) is 18.9. The van der Waals surface area contributed by atoms with Crippen LogP contribution in [0.3, 0.4) is 0 Å². The van der Waals surface area contributed by atoms with E-state index in [-0.39, 0.29) is 18.4 Å². The van der Waals surface area contributed by atoms with E-state index in [1.54, 1.807) is 24.3 Å². The number of hydrogen-bond donors (Lipinski definition) is 2. The molecule has 1 heterocycles. The largest absolute Gasteiger partial charge is 0.468 e. The number of aromatic nitrogens is 1. The number of nitrogens with one attached hydrogen (secondary N) is 2. The fraction of sp³-hybridized carbons (Fsp3) is 0.400. The van der Waals surface area contributed by atoms with E-state index in [0.717, 1.165) is 5.56 Å². The van der Waals surface area contributed by atoms with E-state index < -0.39 is 5.97 Å². The lowest BCUT2D eigenvalue weighted by Gasteiger charge is -2.26. The van der Waals surface area contributed by atoms with Crippen LogP contribution in [0.25, 0.3) is 6.08 Å². The molecule has 2 N–H and O–H groups in total. The SMILES string of the molecule is COC(=O)CNC(=O)c1ccc(NC(=O)/C=C/c2cc(C)n(C3CCCCC3)c2C)cc1. The molecule has 1 aromatic carbocycles. The molecule has 7 heteroatoms. The third-order valence-electron chi connectivity index (χ3n) is 5.91. The Balaban J connectivity index is 1.58. The van der Waals surface area contributed by atoms with Gasteiger partial charge in [0.05, 0.1) is 7.11 Å². The van der Waals surface area contributed by atoms with Crippen molar-refractivity contribution in [3.05, 3.63) is 58.9 Å². The van der Waals surface area contributed by atoms with Gasteiger partial charge in [0.1, 0.15) is 6.54 Å². The molecule has 2 aromatic rings.